The van der Waals surface area contributed by atoms with Crippen LogP contribution in [0.4, 0.5) is 11.8 Å². The van der Waals surface area contributed by atoms with Gasteiger partial charge in [0.2, 0.25) is 5.95 Å². The summed E-state index contributed by atoms with van der Waals surface area (Å²) in [6, 6.07) is 8.13. The lowest BCUT2D eigenvalue weighted by Crippen LogP contribution is -2.13. The first-order valence-corrected chi connectivity index (χ1v) is 9.22. The van der Waals surface area contributed by atoms with Gasteiger partial charge in [-0.05, 0) is 31.0 Å². The van der Waals surface area contributed by atoms with Gasteiger partial charge in [0.25, 0.3) is 0 Å². The highest BCUT2D eigenvalue weighted by atomic mass is 16.5. The fraction of sp³-hybridized carbons (Fsp3) is 0.421. The van der Waals surface area contributed by atoms with E-state index in [0.29, 0.717) is 25.6 Å². The molecule has 27 heavy (non-hydrogen) atoms. The molecule has 3 heterocycles. The molecule has 0 amide bonds. The number of aromatic amines is 1. The van der Waals surface area contributed by atoms with Gasteiger partial charge in [-0.3, -0.25) is 0 Å². The highest BCUT2D eigenvalue weighted by Gasteiger charge is 2.20. The smallest absolute Gasteiger partial charge is 0.224 e. The van der Waals surface area contributed by atoms with Crippen LogP contribution in [0.2, 0.25) is 0 Å². The Bertz CT molecular complexity index is 920. The average Bonchev–Trinajstić information content (AvgIpc) is 3.34. The van der Waals surface area contributed by atoms with Crippen LogP contribution in [0.5, 0.6) is 0 Å². The van der Waals surface area contributed by atoms with E-state index in [9.17, 15) is 0 Å². The molecule has 2 aromatic heterocycles. The third-order valence-corrected chi connectivity index (χ3v) is 4.61. The Morgan fingerprint density at radius 3 is 2.96 bits per heavy atom. The topological polar surface area (TPSA) is 108 Å². The summed E-state index contributed by atoms with van der Waals surface area (Å²) in [7, 11) is 0. The van der Waals surface area contributed by atoms with Gasteiger partial charge in [-0.2, -0.15) is 4.98 Å². The van der Waals surface area contributed by atoms with E-state index >= 15 is 0 Å². The number of aliphatic hydroxyl groups excluding tert-OH is 1. The van der Waals surface area contributed by atoms with Crippen molar-refractivity contribution in [3.63, 3.8) is 0 Å². The summed E-state index contributed by atoms with van der Waals surface area (Å²) in [5.41, 5.74) is 4.13. The summed E-state index contributed by atoms with van der Waals surface area (Å²) >= 11 is 0. The number of hydrogen-bond acceptors (Lipinski definition) is 7. The molecular formula is C19H24N6O2. The van der Waals surface area contributed by atoms with Crippen LogP contribution in [0.1, 0.15) is 29.4 Å². The number of aryl methyl sites for hydroxylation is 1. The molecule has 0 spiro atoms. The number of benzene rings is 1. The molecule has 1 aliphatic heterocycles. The Balaban J connectivity index is 1.52. The molecule has 0 radical (unpaired) electrons. The number of nitrogens with zero attached hydrogens (tertiary/aromatic N) is 3. The monoisotopic (exact) mass is 368 g/mol. The Kier molecular flexibility index (Phi) is 5.17. The molecule has 1 atom stereocenters. The Morgan fingerprint density at radius 2 is 2.15 bits per heavy atom. The van der Waals surface area contributed by atoms with Gasteiger partial charge in [-0.25, -0.2) is 9.97 Å². The second-order valence-electron chi connectivity index (χ2n) is 6.77. The van der Waals surface area contributed by atoms with Gasteiger partial charge in [-0.15, -0.1) is 0 Å². The van der Waals surface area contributed by atoms with Crippen LogP contribution in [0.25, 0.3) is 11.0 Å². The van der Waals surface area contributed by atoms with Crippen molar-refractivity contribution in [2.24, 2.45) is 0 Å². The van der Waals surface area contributed by atoms with Gasteiger partial charge in [0.1, 0.15) is 11.6 Å². The molecule has 0 bridgehead atoms. The lowest BCUT2D eigenvalue weighted by Gasteiger charge is -2.13. The van der Waals surface area contributed by atoms with Crippen molar-refractivity contribution < 1.29 is 9.84 Å². The van der Waals surface area contributed by atoms with Gasteiger partial charge in [0.05, 0.1) is 36.5 Å². The molecule has 0 saturated carbocycles. The van der Waals surface area contributed by atoms with Crippen LogP contribution in [-0.4, -0.2) is 51.4 Å². The Hall–Kier alpha value is -2.71. The number of H-pyrrole nitrogens is 1. The fourth-order valence-electron chi connectivity index (χ4n) is 3.21. The predicted molar refractivity (Wildman–Crippen MR) is 104 cm³/mol. The zero-order valence-electron chi connectivity index (χ0n) is 15.3. The van der Waals surface area contributed by atoms with E-state index in [-0.39, 0.29) is 12.5 Å². The standard InChI is InChI=1S/C19H24N6O2/c1-12-2-3-14-16(8-12)23-18(22-14)10-21-17-9-15(13-4-7-27-11-13)24-19(25-17)20-5-6-26/h2-3,8-9,13,26H,4-7,10-11H2,1H3,(H,22,23)(H2,20,21,24,25)/t13-/m0/s1. The first kappa shape index (κ1) is 17.7. The van der Waals surface area contributed by atoms with Crippen LogP contribution < -0.4 is 10.6 Å². The molecule has 1 aliphatic rings. The molecule has 4 rings (SSSR count). The van der Waals surface area contributed by atoms with Crippen molar-refractivity contribution in [1.82, 2.24) is 19.9 Å². The number of imidazole rings is 1. The van der Waals surface area contributed by atoms with Crippen LogP contribution in [0.15, 0.2) is 24.3 Å². The number of hydrogen-bond donors (Lipinski definition) is 4. The van der Waals surface area contributed by atoms with E-state index < -0.39 is 0 Å². The summed E-state index contributed by atoms with van der Waals surface area (Å²) in [6.07, 6.45) is 0.957. The number of aliphatic hydroxyl groups is 1. The van der Waals surface area contributed by atoms with E-state index in [1.54, 1.807) is 0 Å². The summed E-state index contributed by atoms with van der Waals surface area (Å²) < 4.78 is 5.49. The highest BCUT2D eigenvalue weighted by molar-refractivity contribution is 5.75. The summed E-state index contributed by atoms with van der Waals surface area (Å²) in [5, 5.41) is 15.4. The molecule has 1 saturated heterocycles. The van der Waals surface area contributed by atoms with E-state index in [0.717, 1.165) is 41.4 Å². The fourth-order valence-corrected chi connectivity index (χ4v) is 3.21. The summed E-state index contributed by atoms with van der Waals surface area (Å²) in [5.74, 6) is 2.36. The highest BCUT2D eigenvalue weighted by Crippen LogP contribution is 2.26. The molecule has 1 fully saturated rings. The summed E-state index contributed by atoms with van der Waals surface area (Å²) in [6.45, 7) is 4.47. The van der Waals surface area contributed by atoms with Crippen molar-refractivity contribution in [2.75, 3.05) is 37.0 Å². The normalized spacial score (nSPS) is 16.7. The molecule has 0 unspecified atom stereocenters. The van der Waals surface area contributed by atoms with E-state index in [1.165, 1.54) is 5.56 Å². The maximum Gasteiger partial charge on any atom is 0.224 e. The Labute approximate surface area is 157 Å². The minimum absolute atomic E-state index is 0.0291. The van der Waals surface area contributed by atoms with Gasteiger partial charge >= 0.3 is 0 Å². The SMILES string of the molecule is Cc1ccc2nc(CNc3cc([C@H]4CCOC4)nc(NCCO)n3)[nH]c2c1. The quantitative estimate of drug-likeness (QED) is 0.506. The molecule has 3 aromatic rings. The number of anilines is 2. The largest absolute Gasteiger partial charge is 0.395 e. The van der Waals surface area contributed by atoms with Gasteiger partial charge < -0.3 is 25.5 Å². The van der Waals surface area contributed by atoms with Crippen LogP contribution in [0, 0.1) is 6.92 Å². The van der Waals surface area contributed by atoms with Crippen molar-refractivity contribution in [1.29, 1.82) is 0 Å². The second-order valence-corrected chi connectivity index (χ2v) is 6.77. The van der Waals surface area contributed by atoms with Crippen molar-refractivity contribution >= 4 is 22.8 Å². The number of aromatic nitrogens is 4. The molecule has 8 nitrogen and oxygen atoms in total. The van der Waals surface area contributed by atoms with E-state index in [4.69, 9.17) is 9.84 Å². The van der Waals surface area contributed by atoms with Crippen molar-refractivity contribution in [2.45, 2.75) is 25.8 Å². The van der Waals surface area contributed by atoms with Crippen LogP contribution >= 0.6 is 0 Å². The number of fused-ring (bicyclic) bond motifs is 1. The molecular weight excluding hydrogens is 344 g/mol. The maximum atomic E-state index is 9.05. The maximum absolute atomic E-state index is 9.05. The van der Waals surface area contributed by atoms with Gasteiger partial charge in [0.15, 0.2) is 0 Å². The molecule has 4 N–H and O–H groups in total. The van der Waals surface area contributed by atoms with Gasteiger partial charge in [0, 0.05) is 25.1 Å². The van der Waals surface area contributed by atoms with Crippen LogP contribution in [0.3, 0.4) is 0 Å². The van der Waals surface area contributed by atoms with E-state index in [2.05, 4.69) is 49.6 Å². The summed E-state index contributed by atoms with van der Waals surface area (Å²) in [4.78, 5) is 17.0. The third kappa shape index (κ3) is 4.17. The average molecular weight is 368 g/mol. The predicted octanol–water partition coefficient (Wildman–Crippen LogP) is 2.18. The Morgan fingerprint density at radius 1 is 1.22 bits per heavy atom. The lowest BCUT2D eigenvalue weighted by molar-refractivity contribution is 0.193. The van der Waals surface area contributed by atoms with Gasteiger partial charge in [-0.1, -0.05) is 6.07 Å². The number of rotatable bonds is 7. The number of ether oxygens (including phenoxy) is 1. The minimum Gasteiger partial charge on any atom is -0.395 e. The first-order valence-electron chi connectivity index (χ1n) is 9.22. The first-order chi connectivity index (χ1) is 13.2. The van der Waals surface area contributed by atoms with Crippen molar-refractivity contribution in [3.05, 3.63) is 41.3 Å². The molecule has 8 heteroatoms. The molecule has 1 aromatic carbocycles. The molecule has 142 valence electrons. The van der Waals surface area contributed by atoms with Crippen molar-refractivity contribution in [3.8, 4) is 0 Å². The second kappa shape index (κ2) is 7.89. The number of nitrogens with one attached hydrogen (secondary N) is 3. The minimum atomic E-state index is 0.0291. The van der Waals surface area contributed by atoms with Crippen LogP contribution in [-0.2, 0) is 11.3 Å². The zero-order chi connectivity index (χ0) is 18.6. The third-order valence-electron chi connectivity index (χ3n) is 4.61. The zero-order valence-corrected chi connectivity index (χ0v) is 15.3. The molecule has 0 aliphatic carbocycles. The van der Waals surface area contributed by atoms with E-state index in [1.807, 2.05) is 12.1 Å². The lowest BCUT2D eigenvalue weighted by atomic mass is 10.0.